The molecule has 0 bridgehead atoms. The monoisotopic (exact) mass is 458 g/mol. The number of aromatic nitrogens is 1. The van der Waals surface area contributed by atoms with E-state index < -0.39 is 0 Å². The molecule has 4 aromatic rings. The van der Waals surface area contributed by atoms with Crippen molar-refractivity contribution in [2.45, 2.75) is 20.5 Å². The maximum absolute atomic E-state index is 6.30. The first-order chi connectivity index (χ1) is 16.1. The number of hydrogen-bond donors (Lipinski definition) is 0. The third-order valence-corrected chi connectivity index (χ3v) is 5.88. The van der Waals surface area contributed by atoms with Gasteiger partial charge in [0, 0.05) is 22.0 Å². The van der Waals surface area contributed by atoms with Gasteiger partial charge in [-0.3, -0.25) is 0 Å². The molecule has 5 nitrogen and oxygen atoms in total. The Balaban J connectivity index is 1.46. The summed E-state index contributed by atoms with van der Waals surface area (Å²) in [4.78, 5) is 5.69. The van der Waals surface area contributed by atoms with Crippen molar-refractivity contribution in [2.24, 2.45) is 5.16 Å². The lowest BCUT2D eigenvalue weighted by molar-refractivity contribution is 0.130. The molecular formula is C27H23ClN2O3. The zero-order valence-electron chi connectivity index (χ0n) is 18.4. The van der Waals surface area contributed by atoms with Gasteiger partial charge in [0.2, 0.25) is 6.79 Å². The zero-order valence-corrected chi connectivity index (χ0v) is 19.2. The summed E-state index contributed by atoms with van der Waals surface area (Å²) in [5.41, 5.74) is 7.01. The van der Waals surface area contributed by atoms with Crippen LogP contribution in [0.2, 0.25) is 5.02 Å². The molecule has 0 N–H and O–H groups in total. The Morgan fingerprint density at radius 1 is 0.970 bits per heavy atom. The number of oxime groups is 1. The van der Waals surface area contributed by atoms with Crippen LogP contribution in [0, 0.1) is 6.92 Å². The van der Waals surface area contributed by atoms with Crippen LogP contribution in [0.15, 0.2) is 84.0 Å². The first-order valence-electron chi connectivity index (χ1n) is 10.7. The molecule has 2 heterocycles. The lowest BCUT2D eigenvalue weighted by atomic mass is 10.1. The molecule has 6 heteroatoms. The average Bonchev–Trinajstić information content (AvgIpc) is 3.43. The van der Waals surface area contributed by atoms with Crippen LogP contribution in [0.1, 0.15) is 23.7 Å². The minimum absolute atomic E-state index is 0.254. The molecule has 0 amide bonds. The second kappa shape index (κ2) is 9.04. The highest BCUT2D eigenvalue weighted by atomic mass is 35.5. The fraction of sp³-hybridized carbons (Fsp3) is 0.148. The normalized spacial score (nSPS) is 12.8. The number of halogens is 1. The zero-order chi connectivity index (χ0) is 22.8. The van der Waals surface area contributed by atoms with Gasteiger partial charge in [-0.15, -0.1) is 0 Å². The maximum atomic E-state index is 6.30. The Morgan fingerprint density at radius 3 is 2.61 bits per heavy atom. The van der Waals surface area contributed by atoms with Crippen LogP contribution in [-0.4, -0.2) is 17.1 Å². The van der Waals surface area contributed by atoms with E-state index in [4.69, 9.17) is 25.9 Å². The standard InChI is InChI=1S/C27H23ClN2O3/c1-18(29-33-16-20-11-12-26-27(13-20)32-17-31-26)24-15-25(21-7-4-3-5-8-21)30(19(24)2)23-10-6-9-22(28)14-23/h3-15H,16-17H2,1-2H3/b29-18-. The summed E-state index contributed by atoms with van der Waals surface area (Å²) in [6, 6.07) is 26.0. The third kappa shape index (κ3) is 4.32. The molecule has 0 radical (unpaired) electrons. The molecular weight excluding hydrogens is 436 g/mol. The smallest absolute Gasteiger partial charge is 0.231 e. The summed E-state index contributed by atoms with van der Waals surface area (Å²) in [7, 11) is 0. The van der Waals surface area contributed by atoms with Gasteiger partial charge in [-0.05, 0) is 61.4 Å². The fourth-order valence-electron chi connectivity index (χ4n) is 4.03. The van der Waals surface area contributed by atoms with E-state index >= 15 is 0 Å². The van der Waals surface area contributed by atoms with Crippen LogP contribution in [0.4, 0.5) is 0 Å². The van der Waals surface area contributed by atoms with E-state index in [1.807, 2.05) is 61.5 Å². The number of hydrogen-bond acceptors (Lipinski definition) is 4. The van der Waals surface area contributed by atoms with Gasteiger partial charge in [0.1, 0.15) is 6.61 Å². The summed E-state index contributed by atoms with van der Waals surface area (Å²) >= 11 is 6.30. The Hall–Kier alpha value is -3.70. The SMILES string of the molecule is C/C(=N/OCc1ccc2c(c1)OCO2)c1cc(-c2ccccc2)n(-c2cccc(Cl)c2)c1C. The number of ether oxygens (including phenoxy) is 2. The van der Waals surface area contributed by atoms with E-state index in [9.17, 15) is 0 Å². The van der Waals surface area contributed by atoms with Crippen molar-refractivity contribution in [1.82, 2.24) is 4.57 Å². The second-order valence-corrected chi connectivity index (χ2v) is 8.28. The van der Waals surface area contributed by atoms with Crippen molar-refractivity contribution < 1.29 is 14.3 Å². The van der Waals surface area contributed by atoms with Gasteiger partial charge in [-0.2, -0.15) is 0 Å². The highest BCUT2D eigenvalue weighted by molar-refractivity contribution is 6.30. The van der Waals surface area contributed by atoms with E-state index in [1.165, 1.54) is 0 Å². The minimum Gasteiger partial charge on any atom is -0.454 e. The van der Waals surface area contributed by atoms with Crippen LogP contribution < -0.4 is 9.47 Å². The maximum Gasteiger partial charge on any atom is 0.231 e. The molecule has 3 aromatic carbocycles. The lowest BCUT2D eigenvalue weighted by Gasteiger charge is -2.13. The number of benzene rings is 3. The molecule has 0 saturated heterocycles. The number of fused-ring (bicyclic) bond motifs is 1. The van der Waals surface area contributed by atoms with E-state index in [-0.39, 0.29) is 6.79 Å². The van der Waals surface area contributed by atoms with Crippen LogP contribution in [0.5, 0.6) is 11.5 Å². The van der Waals surface area contributed by atoms with Crippen LogP contribution in [0.25, 0.3) is 16.9 Å². The van der Waals surface area contributed by atoms with E-state index in [0.717, 1.165) is 51.0 Å². The molecule has 0 unspecified atom stereocenters. The summed E-state index contributed by atoms with van der Waals surface area (Å²) in [6.07, 6.45) is 0. The van der Waals surface area contributed by atoms with Crippen molar-refractivity contribution >= 4 is 17.3 Å². The van der Waals surface area contributed by atoms with E-state index in [1.54, 1.807) is 0 Å². The number of nitrogens with zero attached hydrogens (tertiary/aromatic N) is 2. The molecule has 1 aliphatic heterocycles. The van der Waals surface area contributed by atoms with Crippen molar-refractivity contribution in [1.29, 1.82) is 0 Å². The molecule has 1 aromatic heterocycles. The van der Waals surface area contributed by atoms with Gasteiger partial charge < -0.3 is 18.9 Å². The highest BCUT2D eigenvalue weighted by Gasteiger charge is 2.17. The minimum atomic E-state index is 0.254. The van der Waals surface area contributed by atoms with Gasteiger partial charge >= 0.3 is 0 Å². The molecule has 0 saturated carbocycles. The highest BCUT2D eigenvalue weighted by Crippen LogP contribution is 2.33. The predicted molar refractivity (Wildman–Crippen MR) is 131 cm³/mol. The largest absolute Gasteiger partial charge is 0.454 e. The topological polar surface area (TPSA) is 45.0 Å². The summed E-state index contributed by atoms with van der Waals surface area (Å²) in [6.45, 7) is 4.63. The Labute approximate surface area is 197 Å². The van der Waals surface area contributed by atoms with Crippen LogP contribution >= 0.6 is 11.6 Å². The van der Waals surface area contributed by atoms with E-state index in [2.05, 4.69) is 40.9 Å². The van der Waals surface area contributed by atoms with Crippen LogP contribution in [-0.2, 0) is 11.4 Å². The Bertz CT molecular complexity index is 1330. The average molecular weight is 459 g/mol. The van der Waals surface area contributed by atoms with Crippen molar-refractivity contribution in [3.8, 4) is 28.4 Å². The third-order valence-electron chi connectivity index (χ3n) is 5.64. The summed E-state index contributed by atoms with van der Waals surface area (Å²) in [5, 5.41) is 5.10. The molecule has 33 heavy (non-hydrogen) atoms. The van der Waals surface area contributed by atoms with E-state index in [0.29, 0.717) is 11.6 Å². The molecule has 0 atom stereocenters. The van der Waals surface area contributed by atoms with Crippen LogP contribution in [0.3, 0.4) is 0 Å². The van der Waals surface area contributed by atoms with Gasteiger partial charge in [0.05, 0.1) is 11.4 Å². The first-order valence-corrected chi connectivity index (χ1v) is 11.1. The first kappa shape index (κ1) is 21.2. The molecule has 0 spiro atoms. The van der Waals surface area contributed by atoms with Gasteiger partial charge in [0.15, 0.2) is 11.5 Å². The van der Waals surface area contributed by atoms with Crippen molar-refractivity contribution in [3.05, 3.63) is 101 Å². The predicted octanol–water partition coefficient (Wildman–Crippen LogP) is 6.78. The number of rotatable bonds is 6. The summed E-state index contributed by atoms with van der Waals surface area (Å²) in [5.74, 6) is 1.49. The molecule has 0 fully saturated rings. The van der Waals surface area contributed by atoms with Gasteiger partial charge in [-0.1, -0.05) is 59.2 Å². The Morgan fingerprint density at radius 2 is 1.79 bits per heavy atom. The van der Waals surface area contributed by atoms with Gasteiger partial charge in [0.25, 0.3) is 0 Å². The lowest BCUT2D eigenvalue weighted by Crippen LogP contribution is -2.02. The molecule has 1 aliphatic rings. The molecule has 0 aliphatic carbocycles. The van der Waals surface area contributed by atoms with Gasteiger partial charge in [-0.25, -0.2) is 0 Å². The summed E-state index contributed by atoms with van der Waals surface area (Å²) < 4.78 is 13.0. The second-order valence-electron chi connectivity index (χ2n) is 7.85. The molecule has 5 rings (SSSR count). The van der Waals surface area contributed by atoms with Crippen molar-refractivity contribution in [3.63, 3.8) is 0 Å². The van der Waals surface area contributed by atoms with Crippen molar-refractivity contribution in [2.75, 3.05) is 6.79 Å². The Kier molecular flexibility index (Phi) is 5.80. The molecule has 166 valence electrons. The quantitative estimate of drug-likeness (QED) is 0.236. The fourth-order valence-corrected chi connectivity index (χ4v) is 4.21.